The number of rotatable bonds is 6. The Labute approximate surface area is 207 Å². The molecular weight excluding hydrogens is 470 g/mol. The highest BCUT2D eigenvalue weighted by atomic mass is 32.1. The Morgan fingerprint density at radius 3 is 2.66 bits per heavy atom. The molecule has 0 bridgehead atoms. The molecule has 1 N–H and O–H groups in total. The van der Waals surface area contributed by atoms with Crippen LogP contribution < -0.4 is 20.2 Å². The van der Waals surface area contributed by atoms with Crippen molar-refractivity contribution in [3.05, 3.63) is 56.4 Å². The minimum atomic E-state index is -0.860. The van der Waals surface area contributed by atoms with Crippen LogP contribution in [0.3, 0.4) is 0 Å². The minimum Gasteiger partial charge on any atom is -0.854 e. The quantitative estimate of drug-likeness (QED) is 0.241. The highest BCUT2D eigenvalue weighted by Crippen LogP contribution is 2.45. The molecule has 0 saturated heterocycles. The van der Waals surface area contributed by atoms with Crippen LogP contribution in [0.1, 0.15) is 60.6 Å². The van der Waals surface area contributed by atoms with Crippen LogP contribution in [0.25, 0.3) is 5.69 Å². The van der Waals surface area contributed by atoms with E-state index >= 15 is 0 Å². The van der Waals surface area contributed by atoms with Crippen molar-refractivity contribution >= 4 is 28.2 Å². The number of nitrogens with one attached hydrogen (secondary N) is 1. The number of hydrogen-bond acceptors (Lipinski definition) is 8. The molecule has 35 heavy (non-hydrogen) atoms. The zero-order valence-corrected chi connectivity index (χ0v) is 21.3. The van der Waals surface area contributed by atoms with E-state index in [2.05, 4.69) is 31.0 Å². The summed E-state index contributed by atoms with van der Waals surface area (Å²) in [5.41, 5.74) is 0.657. The first-order valence-corrected chi connectivity index (χ1v) is 12.3. The van der Waals surface area contributed by atoms with Gasteiger partial charge in [0.1, 0.15) is 10.8 Å². The zero-order chi connectivity index (χ0) is 25.3. The lowest BCUT2D eigenvalue weighted by Gasteiger charge is -2.33. The van der Waals surface area contributed by atoms with E-state index in [1.165, 1.54) is 16.0 Å². The number of carbonyl (C=O) groups is 1. The Bertz CT molecular complexity index is 1310. The molecule has 1 atom stereocenters. The summed E-state index contributed by atoms with van der Waals surface area (Å²) in [4.78, 5) is 30.6. The fourth-order valence-electron chi connectivity index (χ4n) is 4.32. The van der Waals surface area contributed by atoms with Crippen molar-refractivity contribution in [2.45, 2.75) is 47.0 Å². The van der Waals surface area contributed by atoms with E-state index < -0.39 is 17.5 Å². The molecule has 1 aromatic carbocycles. The van der Waals surface area contributed by atoms with Crippen LogP contribution in [0.5, 0.6) is 5.75 Å². The number of aliphatic imine (C=N–C) groups is 1. The fraction of sp³-hybridized carbons (Fsp3) is 0.440. The maximum Gasteiger partial charge on any atom is 0.436 e. The van der Waals surface area contributed by atoms with Gasteiger partial charge >= 0.3 is 17.3 Å². The predicted molar refractivity (Wildman–Crippen MR) is 129 cm³/mol. The van der Waals surface area contributed by atoms with Crippen LogP contribution in [0, 0.1) is 11.3 Å². The number of carbonyl (C=O) groups excluding carboxylic acids is 1. The molecule has 0 radical (unpaired) electrons. The Kier molecular flexibility index (Phi) is 6.84. The first kappa shape index (κ1) is 24.7. The number of nitrogens with zero attached hydrogens (tertiary/aromatic N) is 2. The lowest BCUT2D eigenvalue weighted by molar-refractivity contribution is -0.673. The molecular formula is C25H29N3O6S. The largest absolute Gasteiger partial charge is 0.854 e. The molecule has 2 aromatic heterocycles. The van der Waals surface area contributed by atoms with E-state index in [-0.39, 0.29) is 22.7 Å². The molecule has 2 heterocycles. The summed E-state index contributed by atoms with van der Waals surface area (Å²) in [5.74, 6) is -0.252. The molecule has 0 spiro atoms. The first-order chi connectivity index (χ1) is 16.6. The van der Waals surface area contributed by atoms with Crippen molar-refractivity contribution in [1.82, 2.24) is 5.27 Å². The van der Waals surface area contributed by atoms with E-state index in [4.69, 9.17) is 14.0 Å². The van der Waals surface area contributed by atoms with Gasteiger partial charge in [-0.3, -0.25) is 4.52 Å². The third-order valence-corrected chi connectivity index (χ3v) is 7.48. The summed E-state index contributed by atoms with van der Waals surface area (Å²) >= 11 is 1.32. The van der Waals surface area contributed by atoms with Gasteiger partial charge in [0.15, 0.2) is 0 Å². The van der Waals surface area contributed by atoms with Crippen molar-refractivity contribution in [2.75, 3.05) is 13.7 Å². The predicted octanol–water partition coefficient (Wildman–Crippen LogP) is 3.08. The van der Waals surface area contributed by atoms with Gasteiger partial charge in [-0.1, -0.05) is 20.8 Å². The lowest BCUT2D eigenvalue weighted by Crippen LogP contribution is -2.44. The van der Waals surface area contributed by atoms with E-state index in [1.54, 1.807) is 38.3 Å². The van der Waals surface area contributed by atoms with Crippen LogP contribution in [0.2, 0.25) is 0 Å². The third-order valence-electron chi connectivity index (χ3n) is 6.33. The lowest BCUT2D eigenvalue weighted by atomic mass is 9.72. The van der Waals surface area contributed by atoms with Crippen molar-refractivity contribution in [2.24, 2.45) is 16.3 Å². The first-order valence-electron chi connectivity index (χ1n) is 11.5. The van der Waals surface area contributed by atoms with Crippen molar-refractivity contribution in [3.63, 3.8) is 0 Å². The summed E-state index contributed by atoms with van der Waals surface area (Å²) in [6.45, 7) is 8.57. The second kappa shape index (κ2) is 9.69. The molecule has 0 amide bonds. The van der Waals surface area contributed by atoms with Crippen molar-refractivity contribution < 1.29 is 28.6 Å². The molecule has 1 unspecified atom stereocenters. The maximum atomic E-state index is 13.2. The van der Waals surface area contributed by atoms with Gasteiger partial charge in [0.25, 0.3) is 0 Å². The number of aromatic amines is 1. The molecule has 0 fully saturated rings. The molecule has 4 rings (SSSR count). The van der Waals surface area contributed by atoms with Gasteiger partial charge < -0.3 is 14.6 Å². The average molecular weight is 500 g/mol. The molecule has 1 aliphatic carbocycles. The van der Waals surface area contributed by atoms with Gasteiger partial charge in [0.05, 0.1) is 25.2 Å². The third kappa shape index (κ3) is 4.88. The van der Waals surface area contributed by atoms with Gasteiger partial charge in [-0.05, 0) is 65.2 Å². The molecule has 0 aliphatic heterocycles. The molecule has 9 nitrogen and oxygen atoms in total. The van der Waals surface area contributed by atoms with Gasteiger partial charge in [0, 0.05) is 17.0 Å². The van der Waals surface area contributed by atoms with E-state index in [0.717, 1.165) is 23.3 Å². The number of aromatic nitrogens is 2. The monoisotopic (exact) mass is 499 g/mol. The SMILES string of the molecule is CCOC(=O)c1c(/N=C(\[O-])c2c(=O)o[nH][n+]2-c2ccc(OC)cc2)sc2c1CCC(C(C)(C)C)C2. The van der Waals surface area contributed by atoms with Crippen LogP contribution >= 0.6 is 11.3 Å². The highest BCUT2D eigenvalue weighted by molar-refractivity contribution is 7.16. The Balaban J connectivity index is 1.78. The second-order valence-electron chi connectivity index (χ2n) is 9.49. The minimum absolute atomic E-state index is 0.118. The van der Waals surface area contributed by atoms with E-state index in [9.17, 15) is 14.7 Å². The van der Waals surface area contributed by atoms with Crippen molar-refractivity contribution in [3.8, 4) is 11.4 Å². The summed E-state index contributed by atoms with van der Waals surface area (Å²) < 4.78 is 16.6. The number of methoxy groups -OCH3 is 1. The molecule has 0 saturated carbocycles. The molecule has 3 aromatic rings. The topological polar surface area (TPSA) is 121 Å². The number of esters is 1. The summed E-state index contributed by atoms with van der Waals surface area (Å²) in [6.07, 6.45) is 2.45. The van der Waals surface area contributed by atoms with Gasteiger partial charge in [-0.15, -0.1) is 11.3 Å². The number of thiophene rings is 1. The number of benzene rings is 1. The standard InChI is InChI=1S/C25H29N3O6S/c1-6-33-23(30)19-17-12-7-14(25(2,3)4)13-18(17)35-22(19)26-21(29)20-24(31)34-27-28(20)15-8-10-16(32-5)11-9-15/h8-11,14H,6-7,12-13H2,1-5H3,(H-,26,27,29,30,31). The highest BCUT2D eigenvalue weighted by Gasteiger charge is 2.34. The van der Waals surface area contributed by atoms with Crippen LogP contribution in [-0.2, 0) is 17.6 Å². The Morgan fingerprint density at radius 1 is 1.31 bits per heavy atom. The van der Waals surface area contributed by atoms with Crippen LogP contribution in [0.4, 0.5) is 5.00 Å². The second-order valence-corrected chi connectivity index (χ2v) is 10.6. The number of fused-ring (bicyclic) bond motifs is 1. The summed E-state index contributed by atoms with van der Waals surface area (Å²) in [7, 11) is 1.54. The Hall–Kier alpha value is -3.40. The van der Waals surface area contributed by atoms with Crippen molar-refractivity contribution in [1.29, 1.82) is 0 Å². The number of ether oxygens (including phenoxy) is 2. The number of hydrogen-bond donors (Lipinski definition) is 1. The van der Waals surface area contributed by atoms with E-state index in [1.807, 2.05) is 0 Å². The van der Waals surface area contributed by atoms with Crippen LogP contribution in [-0.4, -0.2) is 30.9 Å². The number of H-pyrrole nitrogens is 1. The van der Waals surface area contributed by atoms with Gasteiger partial charge in [-0.2, -0.15) is 0 Å². The van der Waals surface area contributed by atoms with Gasteiger partial charge in [-0.25, -0.2) is 14.6 Å². The average Bonchev–Trinajstić information content (AvgIpc) is 3.38. The Morgan fingerprint density at radius 2 is 2.03 bits per heavy atom. The molecule has 186 valence electrons. The normalized spacial score (nSPS) is 16.1. The van der Waals surface area contributed by atoms with Crippen LogP contribution in [0.15, 0.2) is 38.6 Å². The smallest absolute Gasteiger partial charge is 0.436 e. The zero-order valence-electron chi connectivity index (χ0n) is 20.5. The fourth-order valence-corrected chi connectivity index (χ4v) is 5.60. The summed E-state index contributed by atoms with van der Waals surface area (Å²) in [6, 6.07) is 6.72. The maximum absolute atomic E-state index is 13.2. The van der Waals surface area contributed by atoms with Gasteiger partial charge in [0.2, 0.25) is 5.69 Å². The molecule has 1 aliphatic rings. The summed E-state index contributed by atoms with van der Waals surface area (Å²) in [5, 5.41) is 15.9. The molecule has 10 heteroatoms. The van der Waals surface area contributed by atoms with E-state index in [0.29, 0.717) is 29.3 Å².